The summed E-state index contributed by atoms with van der Waals surface area (Å²) >= 11 is 5.71. The maximum Gasteiger partial charge on any atom is 0.222 e. The number of hydrogen-bond donors (Lipinski definition) is 1. The minimum atomic E-state index is -0.737. The number of halogens is 3. The molecule has 1 rings (SSSR count). The number of nitrogens with zero attached hydrogens (tertiary/aromatic N) is 1. The number of carbonyl (C=O) groups is 1. The summed E-state index contributed by atoms with van der Waals surface area (Å²) in [6.45, 7) is 0.391. The molecule has 0 radical (unpaired) electrons. The van der Waals surface area contributed by atoms with Crippen molar-refractivity contribution in [1.82, 2.24) is 4.90 Å². The lowest BCUT2D eigenvalue weighted by atomic mass is 10.2. The van der Waals surface area contributed by atoms with Crippen LogP contribution in [0.5, 0.6) is 0 Å². The predicted molar refractivity (Wildman–Crippen MR) is 67.8 cm³/mol. The van der Waals surface area contributed by atoms with Crippen LogP contribution < -0.4 is 5.32 Å². The Morgan fingerprint density at radius 2 is 2.06 bits per heavy atom. The number of rotatable bonds is 5. The molecule has 0 aliphatic rings. The van der Waals surface area contributed by atoms with Gasteiger partial charge in [0.05, 0.1) is 10.7 Å². The van der Waals surface area contributed by atoms with Gasteiger partial charge >= 0.3 is 0 Å². The quantitative estimate of drug-likeness (QED) is 0.839. The Kier molecular flexibility index (Phi) is 5.34. The van der Waals surface area contributed by atoms with Crippen LogP contribution in [-0.2, 0) is 4.79 Å². The van der Waals surface area contributed by atoms with Gasteiger partial charge in [-0.05, 0) is 12.5 Å². The lowest BCUT2D eigenvalue weighted by Gasteiger charge is -2.12. The van der Waals surface area contributed by atoms with E-state index in [4.69, 9.17) is 11.6 Å². The Morgan fingerprint density at radius 3 is 2.61 bits per heavy atom. The second-order valence-electron chi connectivity index (χ2n) is 4.06. The average Bonchev–Trinajstić information content (AvgIpc) is 2.26. The Balaban J connectivity index is 2.47. The van der Waals surface area contributed by atoms with Gasteiger partial charge in [-0.15, -0.1) is 0 Å². The number of anilines is 1. The summed E-state index contributed by atoms with van der Waals surface area (Å²) in [5.74, 6) is -1.45. The van der Waals surface area contributed by atoms with E-state index >= 15 is 0 Å². The minimum Gasteiger partial charge on any atom is -0.381 e. The number of hydrogen-bond acceptors (Lipinski definition) is 2. The second kappa shape index (κ2) is 6.54. The van der Waals surface area contributed by atoms with Gasteiger partial charge in [-0.25, -0.2) is 8.78 Å². The molecule has 1 amide bonds. The standard InChI is InChI=1S/C12H15ClF2N2O/c1-17(2)11(18)4-3-5-16-12-9(13)6-8(14)7-10(12)15/h6-7,16H,3-5H2,1-2H3. The van der Waals surface area contributed by atoms with Gasteiger partial charge in [-0.3, -0.25) is 4.79 Å². The average molecular weight is 277 g/mol. The summed E-state index contributed by atoms with van der Waals surface area (Å²) < 4.78 is 26.2. The molecular formula is C12H15ClF2N2O. The third-order valence-corrected chi connectivity index (χ3v) is 2.67. The van der Waals surface area contributed by atoms with Crippen molar-refractivity contribution in [3.05, 3.63) is 28.8 Å². The molecule has 0 saturated carbocycles. The third kappa shape index (κ3) is 4.14. The van der Waals surface area contributed by atoms with Crippen molar-refractivity contribution in [2.75, 3.05) is 26.0 Å². The smallest absolute Gasteiger partial charge is 0.222 e. The van der Waals surface area contributed by atoms with Crippen LogP contribution in [0.25, 0.3) is 0 Å². The predicted octanol–water partition coefficient (Wildman–Crippen LogP) is 2.90. The van der Waals surface area contributed by atoms with E-state index < -0.39 is 11.6 Å². The summed E-state index contributed by atoms with van der Waals surface area (Å²) in [5.41, 5.74) is 0.0652. The van der Waals surface area contributed by atoms with E-state index in [2.05, 4.69) is 5.32 Å². The molecular weight excluding hydrogens is 262 g/mol. The minimum absolute atomic E-state index is 0.00229. The van der Waals surface area contributed by atoms with E-state index in [9.17, 15) is 13.6 Å². The lowest BCUT2D eigenvalue weighted by molar-refractivity contribution is -0.128. The lowest BCUT2D eigenvalue weighted by Crippen LogP contribution is -2.22. The van der Waals surface area contributed by atoms with Crippen LogP contribution in [0.2, 0.25) is 5.02 Å². The van der Waals surface area contributed by atoms with Crippen LogP contribution in [0.4, 0.5) is 14.5 Å². The van der Waals surface area contributed by atoms with E-state index in [0.717, 1.165) is 12.1 Å². The Morgan fingerprint density at radius 1 is 1.39 bits per heavy atom. The molecule has 100 valence electrons. The van der Waals surface area contributed by atoms with Crippen molar-refractivity contribution in [1.29, 1.82) is 0 Å². The van der Waals surface area contributed by atoms with Gasteiger partial charge in [0.1, 0.15) is 5.82 Å². The molecule has 0 fully saturated rings. The molecule has 0 unspecified atom stereocenters. The van der Waals surface area contributed by atoms with Crippen LogP contribution >= 0.6 is 11.6 Å². The molecule has 18 heavy (non-hydrogen) atoms. The molecule has 0 saturated heterocycles. The summed E-state index contributed by atoms with van der Waals surface area (Å²) in [4.78, 5) is 12.8. The number of carbonyl (C=O) groups excluding carboxylic acids is 1. The van der Waals surface area contributed by atoms with Crippen molar-refractivity contribution in [2.24, 2.45) is 0 Å². The Bertz CT molecular complexity index is 415. The van der Waals surface area contributed by atoms with Gasteiger partial charge in [0, 0.05) is 33.1 Å². The summed E-state index contributed by atoms with van der Waals surface area (Å²) in [6, 6.07) is 1.80. The first-order chi connectivity index (χ1) is 8.41. The van der Waals surface area contributed by atoms with Crippen molar-refractivity contribution in [3.8, 4) is 0 Å². The molecule has 0 atom stereocenters. The zero-order chi connectivity index (χ0) is 13.7. The normalized spacial score (nSPS) is 10.3. The van der Waals surface area contributed by atoms with E-state index in [1.165, 1.54) is 4.90 Å². The zero-order valence-electron chi connectivity index (χ0n) is 10.3. The van der Waals surface area contributed by atoms with E-state index in [-0.39, 0.29) is 16.6 Å². The number of amides is 1. The highest BCUT2D eigenvalue weighted by atomic mass is 35.5. The van der Waals surface area contributed by atoms with Crippen molar-refractivity contribution < 1.29 is 13.6 Å². The highest BCUT2D eigenvalue weighted by Gasteiger charge is 2.09. The molecule has 0 bridgehead atoms. The SMILES string of the molecule is CN(C)C(=O)CCCNc1c(F)cc(F)cc1Cl. The largest absolute Gasteiger partial charge is 0.381 e. The number of nitrogens with one attached hydrogen (secondary N) is 1. The fourth-order valence-corrected chi connectivity index (χ4v) is 1.65. The van der Waals surface area contributed by atoms with Crippen LogP contribution in [0.1, 0.15) is 12.8 Å². The molecule has 0 aromatic heterocycles. The van der Waals surface area contributed by atoms with Crippen LogP contribution in [-0.4, -0.2) is 31.4 Å². The first-order valence-electron chi connectivity index (χ1n) is 5.50. The first-order valence-corrected chi connectivity index (χ1v) is 5.88. The fraction of sp³-hybridized carbons (Fsp3) is 0.417. The molecule has 1 N–H and O–H groups in total. The second-order valence-corrected chi connectivity index (χ2v) is 4.47. The van der Waals surface area contributed by atoms with E-state index in [1.54, 1.807) is 14.1 Å². The Hall–Kier alpha value is -1.36. The van der Waals surface area contributed by atoms with Gasteiger partial charge < -0.3 is 10.2 Å². The van der Waals surface area contributed by atoms with Crippen molar-refractivity contribution in [3.63, 3.8) is 0 Å². The Labute approximate surface area is 110 Å². The van der Waals surface area contributed by atoms with Crippen molar-refractivity contribution >= 4 is 23.2 Å². The molecule has 0 aliphatic heterocycles. The summed E-state index contributed by atoms with van der Waals surface area (Å²) in [7, 11) is 3.35. The van der Waals surface area contributed by atoms with Crippen LogP contribution in [0.15, 0.2) is 12.1 Å². The fourth-order valence-electron chi connectivity index (χ4n) is 1.39. The molecule has 0 aliphatic carbocycles. The summed E-state index contributed by atoms with van der Waals surface area (Å²) in [5, 5.41) is 2.75. The van der Waals surface area contributed by atoms with Crippen LogP contribution in [0.3, 0.4) is 0 Å². The zero-order valence-corrected chi connectivity index (χ0v) is 11.0. The maximum atomic E-state index is 13.4. The van der Waals surface area contributed by atoms with Gasteiger partial charge in [-0.2, -0.15) is 0 Å². The van der Waals surface area contributed by atoms with E-state index in [1.807, 2.05) is 0 Å². The third-order valence-electron chi connectivity index (χ3n) is 2.37. The molecule has 6 heteroatoms. The number of benzene rings is 1. The van der Waals surface area contributed by atoms with Gasteiger partial charge in [0.15, 0.2) is 5.82 Å². The van der Waals surface area contributed by atoms with E-state index in [0.29, 0.717) is 19.4 Å². The highest BCUT2D eigenvalue weighted by Crippen LogP contribution is 2.26. The molecule has 3 nitrogen and oxygen atoms in total. The maximum absolute atomic E-state index is 13.4. The molecule has 1 aromatic rings. The molecule has 1 aromatic carbocycles. The first kappa shape index (κ1) is 14.7. The topological polar surface area (TPSA) is 32.3 Å². The van der Waals surface area contributed by atoms with Crippen LogP contribution in [0, 0.1) is 11.6 Å². The molecule has 0 heterocycles. The molecule has 0 spiro atoms. The monoisotopic (exact) mass is 276 g/mol. The summed E-state index contributed by atoms with van der Waals surface area (Å²) in [6.07, 6.45) is 0.907. The van der Waals surface area contributed by atoms with Gasteiger partial charge in [0.25, 0.3) is 0 Å². The van der Waals surface area contributed by atoms with Gasteiger partial charge in [0.2, 0.25) is 5.91 Å². The van der Waals surface area contributed by atoms with Gasteiger partial charge in [-0.1, -0.05) is 11.6 Å². The highest BCUT2D eigenvalue weighted by molar-refractivity contribution is 6.33. The van der Waals surface area contributed by atoms with Crippen molar-refractivity contribution in [2.45, 2.75) is 12.8 Å².